The number of anilines is 1. The third kappa shape index (κ3) is 3.48. The summed E-state index contributed by atoms with van der Waals surface area (Å²) in [4.78, 5) is 0.437. The zero-order valence-electron chi connectivity index (χ0n) is 11.4. The van der Waals surface area contributed by atoms with Gasteiger partial charge in [0.2, 0.25) is 0 Å². The van der Waals surface area contributed by atoms with Crippen molar-refractivity contribution in [1.29, 1.82) is 0 Å². The monoisotopic (exact) mass is 340 g/mol. The van der Waals surface area contributed by atoms with Crippen LogP contribution in [0.3, 0.4) is 0 Å². The Bertz CT molecular complexity index is 475. The number of halogens is 1. The molecule has 0 aromatic heterocycles. The van der Waals surface area contributed by atoms with Crippen molar-refractivity contribution in [2.75, 3.05) is 5.32 Å². The molecule has 1 aromatic rings. The van der Waals surface area contributed by atoms with E-state index >= 15 is 0 Å². The Balaban J connectivity index is 2.15. The molecule has 4 heteroatoms. The van der Waals surface area contributed by atoms with Crippen molar-refractivity contribution < 1.29 is 0 Å². The molecule has 0 aliphatic heterocycles. The van der Waals surface area contributed by atoms with Crippen LogP contribution in [0, 0.1) is 11.8 Å². The smallest absolute Gasteiger partial charge is 0.107 e. The molecule has 1 aliphatic rings. The molecule has 0 heterocycles. The zero-order valence-corrected chi connectivity index (χ0v) is 13.9. The minimum atomic E-state index is 0.437. The third-order valence-corrected chi connectivity index (χ3v) is 5.08. The fourth-order valence-corrected chi connectivity index (χ4v) is 3.72. The molecule has 0 bridgehead atoms. The first kappa shape index (κ1) is 14.8. The van der Waals surface area contributed by atoms with E-state index in [1.165, 1.54) is 19.3 Å². The summed E-state index contributed by atoms with van der Waals surface area (Å²) in [6, 6.07) is 6.57. The summed E-state index contributed by atoms with van der Waals surface area (Å²) in [7, 11) is 0. The van der Waals surface area contributed by atoms with Gasteiger partial charge in [0.25, 0.3) is 0 Å². The average molecular weight is 341 g/mol. The van der Waals surface area contributed by atoms with Crippen LogP contribution in [0.1, 0.15) is 38.7 Å². The first-order valence-corrected chi connectivity index (χ1v) is 8.04. The number of nitrogens with one attached hydrogen (secondary N) is 1. The van der Waals surface area contributed by atoms with Crippen molar-refractivity contribution in [3.63, 3.8) is 0 Å². The Morgan fingerprint density at radius 2 is 2.05 bits per heavy atom. The molecule has 1 aromatic carbocycles. The van der Waals surface area contributed by atoms with E-state index in [4.69, 9.17) is 18.0 Å². The second kappa shape index (κ2) is 6.23. The highest BCUT2D eigenvalue weighted by Crippen LogP contribution is 2.33. The highest BCUT2D eigenvalue weighted by atomic mass is 79.9. The lowest BCUT2D eigenvalue weighted by Gasteiger charge is -2.33. The van der Waals surface area contributed by atoms with E-state index in [2.05, 4.69) is 41.2 Å². The van der Waals surface area contributed by atoms with Gasteiger partial charge in [-0.25, -0.2) is 0 Å². The van der Waals surface area contributed by atoms with E-state index in [-0.39, 0.29) is 0 Å². The molecule has 0 radical (unpaired) electrons. The molecular formula is C15H21BrN2S. The molecular weight excluding hydrogens is 320 g/mol. The highest BCUT2D eigenvalue weighted by Gasteiger charge is 2.25. The van der Waals surface area contributed by atoms with E-state index < -0.39 is 0 Å². The summed E-state index contributed by atoms with van der Waals surface area (Å²) in [5.74, 6) is 1.60. The summed E-state index contributed by atoms with van der Waals surface area (Å²) in [5, 5.41) is 3.63. The lowest BCUT2D eigenvalue weighted by atomic mass is 9.79. The fraction of sp³-hybridized carbons (Fsp3) is 0.533. The Hall–Kier alpha value is -0.610. The lowest BCUT2D eigenvalue weighted by Crippen LogP contribution is -2.31. The van der Waals surface area contributed by atoms with E-state index in [1.54, 1.807) is 0 Å². The van der Waals surface area contributed by atoms with Gasteiger partial charge in [-0.05, 0) is 59.2 Å². The number of hydrogen-bond donors (Lipinski definition) is 2. The molecule has 0 saturated heterocycles. The van der Waals surface area contributed by atoms with Crippen LogP contribution < -0.4 is 11.1 Å². The van der Waals surface area contributed by atoms with Gasteiger partial charge in [0.05, 0.1) is 0 Å². The molecule has 3 N–H and O–H groups in total. The van der Waals surface area contributed by atoms with Gasteiger partial charge in [0.1, 0.15) is 4.99 Å². The summed E-state index contributed by atoms with van der Waals surface area (Å²) >= 11 is 8.68. The van der Waals surface area contributed by atoms with Crippen LogP contribution >= 0.6 is 28.1 Å². The van der Waals surface area contributed by atoms with Gasteiger partial charge in [-0.3, -0.25) is 0 Å². The Kier molecular flexibility index (Phi) is 4.85. The topological polar surface area (TPSA) is 38.0 Å². The SMILES string of the molecule is CC1CCC(Nc2cccc(Br)c2C(N)=S)CC1C. The number of hydrogen-bond acceptors (Lipinski definition) is 2. The van der Waals surface area contributed by atoms with Gasteiger partial charge in [0, 0.05) is 21.8 Å². The van der Waals surface area contributed by atoms with Crippen LogP contribution in [0.2, 0.25) is 0 Å². The number of thiocarbonyl (C=S) groups is 1. The summed E-state index contributed by atoms with van der Waals surface area (Å²) < 4.78 is 0.960. The zero-order chi connectivity index (χ0) is 14.0. The summed E-state index contributed by atoms with van der Waals surface area (Å²) in [5.41, 5.74) is 7.80. The maximum absolute atomic E-state index is 5.83. The van der Waals surface area contributed by atoms with Gasteiger partial charge in [0.15, 0.2) is 0 Å². The molecule has 3 atom stereocenters. The van der Waals surface area contributed by atoms with E-state index in [1.807, 2.05) is 12.1 Å². The summed E-state index contributed by atoms with van der Waals surface area (Å²) in [6.07, 6.45) is 3.72. The maximum atomic E-state index is 5.83. The summed E-state index contributed by atoms with van der Waals surface area (Å²) in [6.45, 7) is 4.69. The van der Waals surface area contributed by atoms with E-state index in [9.17, 15) is 0 Å². The van der Waals surface area contributed by atoms with Gasteiger partial charge in [-0.15, -0.1) is 0 Å². The minimum Gasteiger partial charge on any atom is -0.389 e. The molecule has 2 rings (SSSR count). The normalized spacial score (nSPS) is 27.0. The second-order valence-corrected chi connectivity index (χ2v) is 6.93. The van der Waals surface area contributed by atoms with Gasteiger partial charge >= 0.3 is 0 Å². The first-order valence-electron chi connectivity index (χ1n) is 6.84. The van der Waals surface area contributed by atoms with Crippen LogP contribution in [0.15, 0.2) is 22.7 Å². The predicted octanol–water partition coefficient (Wildman–Crippen LogP) is 4.32. The van der Waals surface area contributed by atoms with Gasteiger partial charge in [-0.2, -0.15) is 0 Å². The van der Waals surface area contributed by atoms with Crippen molar-refractivity contribution in [2.45, 2.75) is 39.2 Å². The fourth-order valence-electron chi connectivity index (χ4n) is 2.79. The second-order valence-electron chi connectivity index (χ2n) is 5.64. The van der Waals surface area contributed by atoms with Crippen molar-refractivity contribution >= 4 is 38.8 Å². The van der Waals surface area contributed by atoms with Gasteiger partial charge in [-0.1, -0.05) is 32.1 Å². The molecule has 0 spiro atoms. The van der Waals surface area contributed by atoms with Crippen LogP contribution in [0.25, 0.3) is 0 Å². The predicted molar refractivity (Wildman–Crippen MR) is 89.6 cm³/mol. The Morgan fingerprint density at radius 1 is 1.32 bits per heavy atom. The lowest BCUT2D eigenvalue weighted by molar-refractivity contribution is 0.261. The molecule has 2 nitrogen and oxygen atoms in total. The molecule has 1 fully saturated rings. The van der Waals surface area contributed by atoms with Crippen LogP contribution in [0.5, 0.6) is 0 Å². The molecule has 104 valence electrons. The number of benzene rings is 1. The average Bonchev–Trinajstić information content (AvgIpc) is 2.33. The standard InChI is InChI=1S/C15H21BrN2S/c1-9-6-7-11(8-10(9)2)18-13-5-3-4-12(16)14(13)15(17)19/h3-5,9-11,18H,6-8H2,1-2H3,(H2,17,19). The van der Waals surface area contributed by atoms with Crippen LogP contribution in [-0.4, -0.2) is 11.0 Å². The van der Waals surface area contributed by atoms with Gasteiger partial charge < -0.3 is 11.1 Å². The van der Waals surface area contributed by atoms with Crippen molar-refractivity contribution in [3.8, 4) is 0 Å². The minimum absolute atomic E-state index is 0.437. The third-order valence-electron chi connectivity index (χ3n) is 4.22. The van der Waals surface area contributed by atoms with Crippen LogP contribution in [-0.2, 0) is 0 Å². The number of rotatable bonds is 3. The van der Waals surface area contributed by atoms with Crippen LogP contribution in [0.4, 0.5) is 5.69 Å². The molecule has 1 aliphatic carbocycles. The van der Waals surface area contributed by atoms with Crippen molar-refractivity contribution in [3.05, 3.63) is 28.2 Å². The largest absolute Gasteiger partial charge is 0.389 e. The maximum Gasteiger partial charge on any atom is 0.107 e. The Labute approximate surface area is 129 Å². The molecule has 19 heavy (non-hydrogen) atoms. The van der Waals surface area contributed by atoms with E-state index in [0.717, 1.165) is 27.6 Å². The van der Waals surface area contributed by atoms with Crippen molar-refractivity contribution in [1.82, 2.24) is 0 Å². The first-order chi connectivity index (χ1) is 8.99. The highest BCUT2D eigenvalue weighted by molar-refractivity contribution is 9.10. The number of nitrogens with two attached hydrogens (primary N) is 1. The van der Waals surface area contributed by atoms with Crippen molar-refractivity contribution in [2.24, 2.45) is 17.6 Å². The quantitative estimate of drug-likeness (QED) is 0.804. The molecule has 1 saturated carbocycles. The van der Waals surface area contributed by atoms with E-state index in [0.29, 0.717) is 11.0 Å². The molecule has 3 unspecified atom stereocenters. The molecule has 0 amide bonds. The Morgan fingerprint density at radius 3 is 2.68 bits per heavy atom.